The maximum absolute atomic E-state index is 11.8. The number of aryl methyl sites for hydroxylation is 2. The van der Waals surface area contributed by atoms with Crippen molar-refractivity contribution in [2.75, 3.05) is 0 Å². The lowest BCUT2D eigenvalue weighted by Gasteiger charge is -2.25. The number of ketones is 1. The van der Waals surface area contributed by atoms with Crippen LogP contribution in [0.5, 0.6) is 0 Å². The van der Waals surface area contributed by atoms with Crippen LogP contribution in [0.1, 0.15) is 32.8 Å². The molecule has 4 nitrogen and oxygen atoms in total. The second-order valence-electron chi connectivity index (χ2n) is 5.33. The van der Waals surface area contributed by atoms with Gasteiger partial charge in [-0.15, -0.1) is 0 Å². The first-order valence-electron chi connectivity index (χ1n) is 5.56. The fourth-order valence-electron chi connectivity index (χ4n) is 1.51. The first-order valence-corrected chi connectivity index (χ1v) is 5.56. The van der Waals surface area contributed by atoms with Crippen LogP contribution in [0.4, 0.5) is 0 Å². The average molecular weight is 223 g/mol. The molecule has 90 valence electrons. The van der Waals surface area contributed by atoms with E-state index in [1.54, 1.807) is 10.9 Å². The molecule has 0 aliphatic carbocycles. The summed E-state index contributed by atoms with van der Waals surface area (Å²) in [7, 11) is 1.87. The molecule has 16 heavy (non-hydrogen) atoms. The Morgan fingerprint density at radius 2 is 2.19 bits per heavy atom. The van der Waals surface area contributed by atoms with Gasteiger partial charge in [-0.1, -0.05) is 20.8 Å². The molecule has 0 aliphatic rings. The van der Waals surface area contributed by atoms with Crippen molar-refractivity contribution in [3.8, 4) is 0 Å². The van der Waals surface area contributed by atoms with E-state index < -0.39 is 0 Å². The zero-order chi connectivity index (χ0) is 12.3. The third-order valence-corrected chi connectivity index (χ3v) is 2.70. The van der Waals surface area contributed by atoms with E-state index in [-0.39, 0.29) is 17.2 Å². The SMILES string of the molecule is Cn1cc(CCC(=O)C(N)C(C)(C)C)cn1. The molecule has 0 amide bonds. The van der Waals surface area contributed by atoms with Crippen molar-refractivity contribution in [2.45, 2.75) is 39.7 Å². The van der Waals surface area contributed by atoms with Gasteiger partial charge in [0, 0.05) is 19.7 Å². The van der Waals surface area contributed by atoms with Gasteiger partial charge in [-0.25, -0.2) is 0 Å². The van der Waals surface area contributed by atoms with Crippen LogP contribution in [0.25, 0.3) is 0 Å². The standard InChI is InChI=1S/C12H21N3O/c1-12(2,3)11(13)10(16)6-5-9-7-14-15(4)8-9/h7-8,11H,5-6,13H2,1-4H3. The molecule has 1 aromatic heterocycles. The molecule has 1 heterocycles. The lowest BCUT2D eigenvalue weighted by atomic mass is 9.83. The van der Waals surface area contributed by atoms with Crippen LogP contribution in [0.3, 0.4) is 0 Å². The Hall–Kier alpha value is -1.16. The normalized spacial score (nSPS) is 13.8. The molecule has 1 aromatic rings. The molecule has 0 aliphatic heterocycles. The van der Waals surface area contributed by atoms with Gasteiger partial charge < -0.3 is 5.73 Å². The third kappa shape index (κ3) is 3.45. The van der Waals surface area contributed by atoms with Crippen LogP contribution in [0.2, 0.25) is 0 Å². The molecular formula is C12H21N3O. The van der Waals surface area contributed by atoms with Gasteiger partial charge in [0.15, 0.2) is 0 Å². The number of nitrogens with zero attached hydrogens (tertiary/aromatic N) is 2. The lowest BCUT2D eigenvalue weighted by molar-refractivity contribution is -0.122. The number of carbonyl (C=O) groups is 1. The van der Waals surface area contributed by atoms with Gasteiger partial charge in [-0.05, 0) is 17.4 Å². The van der Waals surface area contributed by atoms with Crippen LogP contribution in [-0.4, -0.2) is 21.6 Å². The monoisotopic (exact) mass is 223 g/mol. The third-order valence-electron chi connectivity index (χ3n) is 2.70. The van der Waals surface area contributed by atoms with Crippen LogP contribution in [-0.2, 0) is 18.3 Å². The zero-order valence-electron chi connectivity index (χ0n) is 10.5. The minimum Gasteiger partial charge on any atom is -0.321 e. The topological polar surface area (TPSA) is 60.9 Å². The Morgan fingerprint density at radius 3 is 2.62 bits per heavy atom. The quantitative estimate of drug-likeness (QED) is 0.836. The summed E-state index contributed by atoms with van der Waals surface area (Å²) in [6.45, 7) is 5.96. The van der Waals surface area contributed by atoms with Crippen LogP contribution in [0, 0.1) is 5.41 Å². The maximum atomic E-state index is 11.8. The average Bonchev–Trinajstić information content (AvgIpc) is 2.58. The second kappa shape index (κ2) is 4.78. The molecule has 1 unspecified atom stereocenters. The molecule has 0 aromatic carbocycles. The first-order chi connectivity index (χ1) is 7.30. The Morgan fingerprint density at radius 1 is 1.56 bits per heavy atom. The smallest absolute Gasteiger partial charge is 0.150 e. The van der Waals surface area contributed by atoms with Crippen molar-refractivity contribution in [2.24, 2.45) is 18.2 Å². The van der Waals surface area contributed by atoms with Gasteiger partial charge in [0.05, 0.1) is 12.2 Å². The summed E-state index contributed by atoms with van der Waals surface area (Å²) in [5.74, 6) is 0.122. The Bertz CT molecular complexity index is 363. The van der Waals surface area contributed by atoms with Gasteiger partial charge >= 0.3 is 0 Å². The number of hydrogen-bond acceptors (Lipinski definition) is 3. The summed E-state index contributed by atoms with van der Waals surface area (Å²) in [6.07, 6.45) is 4.92. The van der Waals surface area contributed by atoms with Crippen molar-refractivity contribution in [1.29, 1.82) is 0 Å². The van der Waals surface area contributed by atoms with Crippen LogP contribution in [0.15, 0.2) is 12.4 Å². The minimum absolute atomic E-state index is 0.122. The van der Waals surface area contributed by atoms with Crippen molar-refractivity contribution >= 4 is 5.78 Å². The molecular weight excluding hydrogens is 202 g/mol. The van der Waals surface area contributed by atoms with E-state index in [4.69, 9.17) is 5.73 Å². The van der Waals surface area contributed by atoms with E-state index >= 15 is 0 Å². The van der Waals surface area contributed by atoms with E-state index in [0.717, 1.165) is 12.0 Å². The summed E-state index contributed by atoms with van der Waals surface area (Å²) in [5, 5.41) is 4.06. The summed E-state index contributed by atoms with van der Waals surface area (Å²) >= 11 is 0. The fourth-order valence-corrected chi connectivity index (χ4v) is 1.51. The van der Waals surface area contributed by atoms with E-state index in [0.29, 0.717) is 6.42 Å². The summed E-state index contributed by atoms with van der Waals surface area (Å²) in [5.41, 5.74) is 6.81. The van der Waals surface area contributed by atoms with Crippen molar-refractivity contribution in [3.63, 3.8) is 0 Å². The van der Waals surface area contributed by atoms with E-state index in [2.05, 4.69) is 5.10 Å². The molecule has 0 saturated carbocycles. The summed E-state index contributed by atoms with van der Waals surface area (Å²) < 4.78 is 1.74. The van der Waals surface area contributed by atoms with E-state index in [9.17, 15) is 4.79 Å². The van der Waals surface area contributed by atoms with Crippen molar-refractivity contribution < 1.29 is 4.79 Å². The fraction of sp³-hybridized carbons (Fsp3) is 0.667. The highest BCUT2D eigenvalue weighted by molar-refractivity contribution is 5.84. The van der Waals surface area contributed by atoms with Gasteiger partial charge in [0.1, 0.15) is 5.78 Å². The number of rotatable bonds is 4. The highest BCUT2D eigenvalue weighted by atomic mass is 16.1. The molecule has 4 heteroatoms. The number of carbonyl (C=O) groups excluding carboxylic acids is 1. The Labute approximate surface area is 96.8 Å². The minimum atomic E-state index is -0.385. The largest absolute Gasteiger partial charge is 0.321 e. The van der Waals surface area contributed by atoms with Gasteiger partial charge in [0.25, 0.3) is 0 Å². The lowest BCUT2D eigenvalue weighted by Crippen LogP contribution is -2.42. The Kier molecular flexibility index (Phi) is 3.86. The Balaban J connectivity index is 2.47. The van der Waals surface area contributed by atoms with Crippen molar-refractivity contribution in [3.05, 3.63) is 18.0 Å². The van der Waals surface area contributed by atoms with Gasteiger partial charge in [-0.3, -0.25) is 9.48 Å². The highest BCUT2D eigenvalue weighted by Crippen LogP contribution is 2.19. The zero-order valence-corrected chi connectivity index (χ0v) is 10.5. The second-order valence-corrected chi connectivity index (χ2v) is 5.33. The predicted molar refractivity (Wildman–Crippen MR) is 64.0 cm³/mol. The highest BCUT2D eigenvalue weighted by Gasteiger charge is 2.26. The molecule has 0 spiro atoms. The number of nitrogens with two attached hydrogens (primary N) is 1. The van der Waals surface area contributed by atoms with E-state index in [1.807, 2.05) is 34.0 Å². The number of aromatic nitrogens is 2. The molecule has 0 radical (unpaired) electrons. The van der Waals surface area contributed by atoms with Crippen molar-refractivity contribution in [1.82, 2.24) is 9.78 Å². The number of Topliss-reactive ketones (excluding diaryl/α,β-unsaturated/α-hetero) is 1. The summed E-state index contributed by atoms with van der Waals surface area (Å²) in [4.78, 5) is 11.8. The molecule has 1 rings (SSSR count). The first kappa shape index (κ1) is 12.9. The summed E-state index contributed by atoms with van der Waals surface area (Å²) in [6, 6.07) is -0.385. The number of hydrogen-bond donors (Lipinski definition) is 1. The van der Waals surface area contributed by atoms with E-state index in [1.165, 1.54) is 0 Å². The van der Waals surface area contributed by atoms with Gasteiger partial charge in [0.2, 0.25) is 0 Å². The van der Waals surface area contributed by atoms with Crippen LogP contribution >= 0.6 is 0 Å². The molecule has 0 fully saturated rings. The molecule has 0 saturated heterocycles. The van der Waals surface area contributed by atoms with Crippen LogP contribution < -0.4 is 5.73 Å². The predicted octanol–water partition coefficient (Wildman–Crippen LogP) is 1.30. The molecule has 1 atom stereocenters. The maximum Gasteiger partial charge on any atom is 0.150 e. The molecule has 2 N–H and O–H groups in total. The molecule has 0 bridgehead atoms. The van der Waals surface area contributed by atoms with Gasteiger partial charge in [-0.2, -0.15) is 5.10 Å².